The Morgan fingerprint density at radius 2 is 1.80 bits per heavy atom. The van der Waals surface area contributed by atoms with Crippen molar-refractivity contribution in [2.45, 2.75) is 36.9 Å². The molecule has 0 aromatic carbocycles. The molecule has 1 saturated carbocycles. The van der Waals surface area contributed by atoms with Gasteiger partial charge in [-0.05, 0) is 25.0 Å². The third-order valence-corrected chi connectivity index (χ3v) is 4.32. The average molecular weight is 156 g/mol. The summed E-state index contributed by atoms with van der Waals surface area (Å²) < 4.78 is 0.577. The molecule has 0 atom stereocenters. The molecule has 0 aromatic heterocycles. The molecule has 2 heteroatoms. The Morgan fingerprint density at radius 1 is 1.20 bits per heavy atom. The Labute approximate surface area is 65.6 Å². The van der Waals surface area contributed by atoms with Crippen LogP contribution in [0.1, 0.15) is 32.1 Å². The lowest BCUT2D eigenvalue weighted by Gasteiger charge is -2.43. The highest BCUT2D eigenvalue weighted by molar-refractivity contribution is 8.02. The first kappa shape index (κ1) is 6.71. The summed E-state index contributed by atoms with van der Waals surface area (Å²) in [5.74, 6) is 1.81. The van der Waals surface area contributed by atoms with E-state index in [9.17, 15) is 4.79 Å². The van der Waals surface area contributed by atoms with E-state index in [1.54, 1.807) is 0 Å². The summed E-state index contributed by atoms with van der Waals surface area (Å²) in [5.41, 5.74) is 0. The molecular weight excluding hydrogens is 144 g/mol. The van der Waals surface area contributed by atoms with Crippen molar-refractivity contribution in [3.05, 3.63) is 0 Å². The first-order valence-corrected chi connectivity index (χ1v) is 4.95. The van der Waals surface area contributed by atoms with Gasteiger partial charge in [-0.2, -0.15) is 11.8 Å². The zero-order valence-corrected chi connectivity index (χ0v) is 6.88. The van der Waals surface area contributed by atoms with Gasteiger partial charge in [0, 0.05) is 17.6 Å². The summed E-state index contributed by atoms with van der Waals surface area (Å²) in [6.45, 7) is 0. The second-order valence-corrected chi connectivity index (χ2v) is 4.88. The molecule has 2 fully saturated rings. The molecule has 10 heavy (non-hydrogen) atoms. The van der Waals surface area contributed by atoms with E-state index in [-0.39, 0.29) is 0 Å². The fourth-order valence-corrected chi connectivity index (χ4v) is 3.04. The van der Waals surface area contributed by atoms with Gasteiger partial charge in [0.25, 0.3) is 0 Å². The summed E-state index contributed by atoms with van der Waals surface area (Å²) in [7, 11) is 0. The molecule has 0 N–H and O–H groups in total. The fraction of sp³-hybridized carbons (Fsp3) is 0.875. The average Bonchev–Trinajstić information content (AvgIpc) is 1.86. The Balaban J connectivity index is 1.96. The van der Waals surface area contributed by atoms with Crippen LogP contribution in [0, 0.1) is 0 Å². The number of carbonyl (C=O) groups is 1. The highest BCUT2D eigenvalue weighted by Gasteiger charge is 2.40. The monoisotopic (exact) mass is 156 g/mol. The fourth-order valence-electron chi connectivity index (χ4n) is 1.77. The number of hydrogen-bond donors (Lipinski definition) is 0. The van der Waals surface area contributed by atoms with E-state index in [1.165, 1.54) is 12.2 Å². The molecule has 1 saturated heterocycles. The van der Waals surface area contributed by atoms with Crippen molar-refractivity contribution in [3.63, 3.8) is 0 Å². The SMILES string of the molecule is O=C1CCC2(CCS2)CC1. The summed E-state index contributed by atoms with van der Waals surface area (Å²) in [5, 5.41) is 0. The van der Waals surface area contributed by atoms with Gasteiger partial charge in [-0.3, -0.25) is 4.79 Å². The lowest BCUT2D eigenvalue weighted by atomic mass is 9.85. The predicted octanol–water partition coefficient (Wildman–Crippen LogP) is 2.01. The van der Waals surface area contributed by atoms with E-state index in [0.717, 1.165) is 25.7 Å². The van der Waals surface area contributed by atoms with Gasteiger partial charge in [0.2, 0.25) is 0 Å². The second-order valence-electron chi connectivity index (χ2n) is 3.32. The van der Waals surface area contributed by atoms with Crippen LogP contribution in [-0.2, 0) is 4.79 Å². The minimum atomic E-state index is 0.484. The van der Waals surface area contributed by atoms with Crippen LogP contribution in [0.2, 0.25) is 0 Å². The van der Waals surface area contributed by atoms with Gasteiger partial charge in [0.15, 0.2) is 0 Å². The molecule has 1 aliphatic carbocycles. The molecule has 1 nitrogen and oxygen atoms in total. The van der Waals surface area contributed by atoms with Crippen molar-refractivity contribution >= 4 is 17.5 Å². The Bertz CT molecular complexity index is 149. The van der Waals surface area contributed by atoms with Crippen LogP contribution in [0.4, 0.5) is 0 Å². The van der Waals surface area contributed by atoms with Gasteiger partial charge in [0.05, 0.1) is 0 Å². The van der Waals surface area contributed by atoms with Gasteiger partial charge in [-0.15, -0.1) is 0 Å². The minimum Gasteiger partial charge on any atom is -0.300 e. The first-order valence-electron chi connectivity index (χ1n) is 3.96. The van der Waals surface area contributed by atoms with E-state index in [4.69, 9.17) is 0 Å². The number of ketones is 1. The third-order valence-electron chi connectivity index (χ3n) is 2.68. The molecule has 2 rings (SSSR count). The number of Topliss-reactive ketones (excluding diaryl/α,β-unsaturated/α-hetero) is 1. The van der Waals surface area contributed by atoms with Crippen molar-refractivity contribution in [1.29, 1.82) is 0 Å². The maximum Gasteiger partial charge on any atom is 0.133 e. The molecule has 0 unspecified atom stereocenters. The van der Waals surface area contributed by atoms with Crippen LogP contribution in [-0.4, -0.2) is 16.3 Å². The van der Waals surface area contributed by atoms with Gasteiger partial charge in [-0.1, -0.05) is 0 Å². The molecule has 1 heterocycles. The zero-order chi connectivity index (χ0) is 7.03. The normalized spacial score (nSPS) is 30.2. The van der Waals surface area contributed by atoms with Crippen molar-refractivity contribution in [1.82, 2.24) is 0 Å². The zero-order valence-electron chi connectivity index (χ0n) is 6.06. The van der Waals surface area contributed by atoms with Crippen molar-refractivity contribution in [2.75, 3.05) is 5.75 Å². The number of thioether (sulfide) groups is 1. The van der Waals surface area contributed by atoms with Gasteiger partial charge in [-0.25, -0.2) is 0 Å². The van der Waals surface area contributed by atoms with Crippen LogP contribution in [0.15, 0.2) is 0 Å². The number of hydrogen-bond acceptors (Lipinski definition) is 2. The molecule has 2 aliphatic rings. The van der Waals surface area contributed by atoms with E-state index in [0.29, 0.717) is 10.5 Å². The van der Waals surface area contributed by atoms with Crippen LogP contribution in [0.25, 0.3) is 0 Å². The highest BCUT2D eigenvalue weighted by atomic mass is 32.2. The molecule has 1 aliphatic heterocycles. The molecule has 0 aromatic rings. The third kappa shape index (κ3) is 0.986. The largest absolute Gasteiger partial charge is 0.300 e. The van der Waals surface area contributed by atoms with Crippen molar-refractivity contribution < 1.29 is 4.79 Å². The van der Waals surface area contributed by atoms with Crippen LogP contribution >= 0.6 is 11.8 Å². The molecule has 1 spiro atoms. The Kier molecular flexibility index (Phi) is 1.52. The summed E-state index contributed by atoms with van der Waals surface area (Å²) in [6, 6.07) is 0. The van der Waals surface area contributed by atoms with Gasteiger partial charge in [0.1, 0.15) is 5.78 Å². The van der Waals surface area contributed by atoms with E-state index in [2.05, 4.69) is 11.8 Å². The quantitative estimate of drug-likeness (QED) is 0.533. The predicted molar refractivity (Wildman–Crippen MR) is 43.3 cm³/mol. The second kappa shape index (κ2) is 2.26. The molecular formula is C8H12OS. The topological polar surface area (TPSA) is 17.1 Å². The molecule has 0 amide bonds. The van der Waals surface area contributed by atoms with Crippen LogP contribution in [0.5, 0.6) is 0 Å². The van der Waals surface area contributed by atoms with E-state index >= 15 is 0 Å². The summed E-state index contributed by atoms with van der Waals surface area (Å²) in [6.07, 6.45) is 5.40. The van der Waals surface area contributed by atoms with E-state index < -0.39 is 0 Å². The molecule has 0 radical (unpaired) electrons. The molecule has 56 valence electrons. The lowest BCUT2D eigenvalue weighted by molar-refractivity contribution is -0.120. The lowest BCUT2D eigenvalue weighted by Crippen LogP contribution is -2.38. The number of rotatable bonds is 0. The maximum atomic E-state index is 10.9. The first-order chi connectivity index (χ1) is 4.81. The van der Waals surface area contributed by atoms with E-state index in [1.807, 2.05) is 0 Å². The summed E-state index contributed by atoms with van der Waals surface area (Å²) in [4.78, 5) is 10.9. The van der Waals surface area contributed by atoms with Crippen molar-refractivity contribution in [3.8, 4) is 0 Å². The minimum absolute atomic E-state index is 0.484. The van der Waals surface area contributed by atoms with Crippen molar-refractivity contribution in [2.24, 2.45) is 0 Å². The van der Waals surface area contributed by atoms with Gasteiger partial charge >= 0.3 is 0 Å². The van der Waals surface area contributed by atoms with Gasteiger partial charge < -0.3 is 0 Å². The smallest absolute Gasteiger partial charge is 0.133 e. The Hall–Kier alpha value is 0.0200. The van der Waals surface area contributed by atoms with Crippen LogP contribution in [0.3, 0.4) is 0 Å². The maximum absolute atomic E-state index is 10.9. The summed E-state index contributed by atoms with van der Waals surface area (Å²) >= 11 is 2.08. The Morgan fingerprint density at radius 3 is 2.20 bits per heavy atom. The van der Waals surface area contributed by atoms with Crippen LogP contribution < -0.4 is 0 Å². The number of carbonyl (C=O) groups excluding carboxylic acids is 1. The highest BCUT2D eigenvalue weighted by Crippen LogP contribution is 2.49. The molecule has 0 bridgehead atoms. The standard InChI is InChI=1S/C8H12OS/c9-7-1-3-8(4-2-7)5-6-10-8/h1-6H2.